The van der Waals surface area contributed by atoms with Crippen molar-refractivity contribution in [2.24, 2.45) is 18.7 Å². The Balaban J connectivity index is 2.42. The molecule has 0 aliphatic heterocycles. The van der Waals surface area contributed by atoms with E-state index in [1.165, 1.54) is 4.80 Å². The maximum absolute atomic E-state index is 11.5. The first-order valence-electron chi connectivity index (χ1n) is 4.89. The highest BCUT2D eigenvalue weighted by molar-refractivity contribution is 5.88. The summed E-state index contributed by atoms with van der Waals surface area (Å²) in [5.74, 6) is 0.316. The lowest BCUT2D eigenvalue weighted by atomic mass is 10.0. The van der Waals surface area contributed by atoms with Crippen LogP contribution in [0.25, 0.3) is 0 Å². The molecule has 0 saturated heterocycles. The van der Waals surface area contributed by atoms with Crippen molar-refractivity contribution < 1.29 is 4.79 Å². The van der Waals surface area contributed by atoms with Crippen LogP contribution in [0.5, 0.6) is 0 Å². The number of aromatic nitrogens is 4. The highest BCUT2D eigenvalue weighted by Crippen LogP contribution is 2.07. The van der Waals surface area contributed by atoms with Crippen molar-refractivity contribution in [2.75, 3.05) is 11.9 Å². The minimum absolute atomic E-state index is 0.125. The summed E-state index contributed by atoms with van der Waals surface area (Å²) in [6.07, 6.45) is 1.28. The highest BCUT2D eigenvalue weighted by atomic mass is 16.1. The van der Waals surface area contributed by atoms with E-state index in [-0.39, 0.29) is 17.8 Å². The van der Waals surface area contributed by atoms with Crippen molar-refractivity contribution >= 4 is 11.9 Å². The van der Waals surface area contributed by atoms with Gasteiger partial charge in [0.1, 0.15) is 0 Å². The molecule has 1 amide bonds. The van der Waals surface area contributed by atoms with Gasteiger partial charge in [0.15, 0.2) is 0 Å². The van der Waals surface area contributed by atoms with Crippen molar-refractivity contribution in [2.45, 2.75) is 19.8 Å². The third-order valence-electron chi connectivity index (χ3n) is 2.14. The Bertz CT molecular complexity index is 319. The van der Waals surface area contributed by atoms with E-state index in [2.05, 4.69) is 20.7 Å². The van der Waals surface area contributed by atoms with E-state index in [1.807, 2.05) is 6.92 Å². The molecule has 15 heavy (non-hydrogen) atoms. The van der Waals surface area contributed by atoms with Crippen LogP contribution < -0.4 is 11.1 Å². The van der Waals surface area contributed by atoms with Crippen molar-refractivity contribution in [1.29, 1.82) is 0 Å². The van der Waals surface area contributed by atoms with Crippen LogP contribution in [0.1, 0.15) is 19.8 Å². The van der Waals surface area contributed by atoms with E-state index in [1.54, 1.807) is 7.05 Å². The fourth-order valence-corrected chi connectivity index (χ4v) is 1.17. The summed E-state index contributed by atoms with van der Waals surface area (Å²) in [6.45, 7) is 2.52. The van der Waals surface area contributed by atoms with Crippen molar-refractivity contribution in [1.82, 2.24) is 20.2 Å². The summed E-state index contributed by atoms with van der Waals surface area (Å²) in [4.78, 5) is 12.8. The first kappa shape index (κ1) is 11.6. The molecule has 0 fully saturated rings. The van der Waals surface area contributed by atoms with E-state index < -0.39 is 0 Å². The fourth-order valence-electron chi connectivity index (χ4n) is 1.17. The summed E-state index contributed by atoms with van der Waals surface area (Å²) in [5, 5.41) is 13.7. The average Bonchev–Trinajstić information content (AvgIpc) is 2.60. The molecule has 0 radical (unpaired) electrons. The molecule has 1 atom stereocenters. The van der Waals surface area contributed by atoms with Crippen LogP contribution in [0.2, 0.25) is 0 Å². The Morgan fingerprint density at radius 3 is 2.87 bits per heavy atom. The second-order valence-corrected chi connectivity index (χ2v) is 3.36. The van der Waals surface area contributed by atoms with Crippen molar-refractivity contribution in [3.05, 3.63) is 0 Å². The number of aryl methyl sites for hydroxylation is 1. The van der Waals surface area contributed by atoms with E-state index in [4.69, 9.17) is 5.73 Å². The number of carbonyl (C=O) groups excluding carboxylic acids is 1. The van der Waals surface area contributed by atoms with Crippen LogP contribution in [0, 0.1) is 5.92 Å². The molecular weight excluding hydrogens is 196 g/mol. The summed E-state index contributed by atoms with van der Waals surface area (Å²) >= 11 is 0. The Kier molecular flexibility index (Phi) is 4.17. The van der Waals surface area contributed by atoms with Crippen LogP contribution >= 0.6 is 0 Å². The zero-order valence-corrected chi connectivity index (χ0v) is 8.97. The van der Waals surface area contributed by atoms with Crippen LogP contribution in [0.15, 0.2) is 0 Å². The van der Waals surface area contributed by atoms with Gasteiger partial charge in [-0.05, 0) is 17.7 Å². The number of hydrogen-bond donors (Lipinski definition) is 2. The number of nitrogens with zero attached hydrogens (tertiary/aromatic N) is 4. The van der Waals surface area contributed by atoms with Gasteiger partial charge in [0.25, 0.3) is 5.95 Å². The molecule has 1 rings (SSSR count). The zero-order chi connectivity index (χ0) is 11.3. The molecule has 7 heteroatoms. The Hall–Kier alpha value is -1.50. The Labute approximate surface area is 88.0 Å². The summed E-state index contributed by atoms with van der Waals surface area (Å²) < 4.78 is 0. The normalized spacial score (nSPS) is 12.5. The van der Waals surface area contributed by atoms with Gasteiger partial charge in [0, 0.05) is 6.42 Å². The zero-order valence-electron chi connectivity index (χ0n) is 8.97. The van der Waals surface area contributed by atoms with E-state index in [0.29, 0.717) is 13.0 Å². The standard InChI is InChI=1S/C8H16N6O/c1-3-6(5-9)4-7(15)10-8-11-13-14(2)12-8/h6H,3-5,9H2,1-2H3,(H,10,12,15). The summed E-state index contributed by atoms with van der Waals surface area (Å²) in [7, 11) is 1.64. The van der Waals surface area contributed by atoms with Crippen molar-refractivity contribution in [3.63, 3.8) is 0 Å². The van der Waals surface area contributed by atoms with Gasteiger partial charge in [-0.15, -0.1) is 5.10 Å². The molecule has 1 heterocycles. The first-order valence-corrected chi connectivity index (χ1v) is 4.89. The van der Waals surface area contributed by atoms with Gasteiger partial charge in [0.2, 0.25) is 5.91 Å². The number of rotatable bonds is 5. The topological polar surface area (TPSA) is 98.7 Å². The average molecular weight is 212 g/mol. The molecule has 0 saturated carbocycles. The van der Waals surface area contributed by atoms with E-state index in [9.17, 15) is 4.79 Å². The van der Waals surface area contributed by atoms with Gasteiger partial charge in [-0.25, -0.2) is 0 Å². The second kappa shape index (κ2) is 5.40. The molecule has 84 valence electrons. The molecule has 0 spiro atoms. The first-order chi connectivity index (χ1) is 7.15. The number of hydrogen-bond acceptors (Lipinski definition) is 5. The fraction of sp³-hybridized carbons (Fsp3) is 0.750. The van der Waals surface area contributed by atoms with Gasteiger partial charge in [-0.1, -0.05) is 18.4 Å². The Morgan fingerprint density at radius 1 is 1.67 bits per heavy atom. The minimum atomic E-state index is -0.125. The lowest BCUT2D eigenvalue weighted by Gasteiger charge is -2.09. The lowest BCUT2D eigenvalue weighted by molar-refractivity contribution is -0.117. The summed E-state index contributed by atoms with van der Waals surface area (Å²) in [6, 6.07) is 0. The molecule has 0 aliphatic carbocycles. The number of tetrazole rings is 1. The molecule has 0 aliphatic rings. The van der Waals surface area contributed by atoms with Gasteiger partial charge >= 0.3 is 0 Å². The molecule has 3 N–H and O–H groups in total. The number of nitrogens with two attached hydrogens (primary N) is 1. The predicted molar refractivity (Wildman–Crippen MR) is 54.9 cm³/mol. The predicted octanol–water partition coefficient (Wildman–Crippen LogP) is -0.476. The molecule has 1 aromatic rings. The molecule has 7 nitrogen and oxygen atoms in total. The van der Waals surface area contributed by atoms with Gasteiger partial charge in [-0.3, -0.25) is 10.1 Å². The maximum Gasteiger partial charge on any atom is 0.270 e. The SMILES string of the molecule is CCC(CN)CC(=O)Nc1nnn(C)n1. The van der Waals surface area contributed by atoms with E-state index in [0.717, 1.165) is 6.42 Å². The number of amides is 1. The third kappa shape index (κ3) is 3.62. The van der Waals surface area contributed by atoms with Gasteiger partial charge in [0.05, 0.1) is 7.05 Å². The van der Waals surface area contributed by atoms with Crippen molar-refractivity contribution in [3.8, 4) is 0 Å². The monoisotopic (exact) mass is 212 g/mol. The maximum atomic E-state index is 11.5. The van der Waals surface area contributed by atoms with E-state index >= 15 is 0 Å². The Morgan fingerprint density at radius 2 is 2.40 bits per heavy atom. The van der Waals surface area contributed by atoms with Crippen LogP contribution in [0.3, 0.4) is 0 Å². The smallest absolute Gasteiger partial charge is 0.270 e. The van der Waals surface area contributed by atoms with Gasteiger partial charge in [-0.2, -0.15) is 4.80 Å². The largest absolute Gasteiger partial charge is 0.330 e. The number of anilines is 1. The quantitative estimate of drug-likeness (QED) is 0.687. The van der Waals surface area contributed by atoms with Crippen LogP contribution in [0.4, 0.5) is 5.95 Å². The molecule has 1 aromatic heterocycles. The van der Waals surface area contributed by atoms with Crippen LogP contribution in [-0.2, 0) is 11.8 Å². The molecular formula is C8H16N6O. The minimum Gasteiger partial charge on any atom is -0.330 e. The molecule has 0 bridgehead atoms. The second-order valence-electron chi connectivity index (χ2n) is 3.36. The van der Waals surface area contributed by atoms with Crippen LogP contribution in [-0.4, -0.2) is 32.7 Å². The lowest BCUT2D eigenvalue weighted by Crippen LogP contribution is -2.22. The van der Waals surface area contributed by atoms with Gasteiger partial charge < -0.3 is 5.73 Å². The molecule has 0 aromatic carbocycles. The summed E-state index contributed by atoms with van der Waals surface area (Å²) in [5.41, 5.74) is 5.50. The highest BCUT2D eigenvalue weighted by Gasteiger charge is 2.12. The number of carbonyl (C=O) groups is 1. The molecule has 1 unspecified atom stereocenters. The third-order valence-corrected chi connectivity index (χ3v) is 2.14. The number of nitrogens with one attached hydrogen (secondary N) is 1.